The van der Waals surface area contributed by atoms with Gasteiger partial charge < -0.3 is 4.43 Å². The predicted molar refractivity (Wildman–Crippen MR) is 164 cm³/mol. The number of hydrogen-bond donors (Lipinski definition) is 0. The van der Waals surface area contributed by atoms with Crippen molar-refractivity contribution in [2.75, 3.05) is 13.1 Å². The highest BCUT2D eigenvalue weighted by molar-refractivity contribution is 7.93. The fraction of sp³-hybridized carbons (Fsp3) is 0.355. The molecule has 1 fully saturated rings. The van der Waals surface area contributed by atoms with Crippen molar-refractivity contribution in [3.05, 3.63) is 116 Å². The lowest BCUT2D eigenvalue weighted by Gasteiger charge is -2.41. The third-order valence-electron chi connectivity index (χ3n) is 6.66. The average molecular weight is 602 g/mol. The van der Waals surface area contributed by atoms with Crippen LogP contribution < -0.4 is 0 Å². The van der Waals surface area contributed by atoms with Crippen molar-refractivity contribution < 1.29 is 12.8 Å². The minimum absolute atomic E-state index is 0.0195. The summed E-state index contributed by atoms with van der Waals surface area (Å²) in [5.74, 6) is -0.0327. The van der Waals surface area contributed by atoms with Gasteiger partial charge in [0.05, 0.1) is 17.9 Å². The Morgan fingerprint density at radius 1 is 0.897 bits per heavy atom. The van der Waals surface area contributed by atoms with Gasteiger partial charge in [-0.3, -0.25) is 4.90 Å². The molecule has 0 aliphatic carbocycles. The van der Waals surface area contributed by atoms with Crippen molar-refractivity contribution in [2.45, 2.75) is 51.8 Å². The van der Waals surface area contributed by atoms with E-state index in [0.29, 0.717) is 23.1 Å². The number of benzene rings is 3. The predicted octanol–water partition coefficient (Wildman–Crippen LogP) is 8.25. The van der Waals surface area contributed by atoms with Gasteiger partial charge in [0, 0.05) is 28.5 Å². The number of sulfone groups is 1. The summed E-state index contributed by atoms with van der Waals surface area (Å²) >= 11 is 12.3. The SMILES string of the molecule is C[Si](C)OC(c1cccc(CS(=O)(=O)C=C2CN(C(c3ccc(Cl)cc3)c3ccc(Cl)cc3)C2)c1)C(C)(C)C. The first-order valence-corrected chi connectivity index (χ1v) is 17.9. The van der Waals surface area contributed by atoms with Crippen LogP contribution in [0.15, 0.2) is 83.8 Å². The van der Waals surface area contributed by atoms with Gasteiger partial charge in [-0.25, -0.2) is 8.42 Å². The van der Waals surface area contributed by atoms with Crippen LogP contribution in [0.4, 0.5) is 0 Å². The van der Waals surface area contributed by atoms with Crippen LogP contribution in [0.5, 0.6) is 0 Å². The molecule has 0 aromatic heterocycles. The third-order valence-corrected chi connectivity index (χ3v) is 9.30. The maximum atomic E-state index is 13.2. The van der Waals surface area contributed by atoms with E-state index in [-0.39, 0.29) is 23.3 Å². The van der Waals surface area contributed by atoms with E-state index in [0.717, 1.165) is 27.8 Å². The second-order valence-electron chi connectivity index (χ2n) is 11.5. The minimum atomic E-state index is -3.44. The molecule has 1 saturated heterocycles. The topological polar surface area (TPSA) is 46.6 Å². The smallest absolute Gasteiger partial charge is 0.205 e. The van der Waals surface area contributed by atoms with E-state index in [1.165, 1.54) is 5.41 Å². The van der Waals surface area contributed by atoms with Gasteiger partial charge in [0.2, 0.25) is 9.04 Å². The molecular weight excluding hydrogens is 565 g/mol. The van der Waals surface area contributed by atoms with Gasteiger partial charge in [0.25, 0.3) is 0 Å². The maximum Gasteiger partial charge on any atom is 0.205 e. The van der Waals surface area contributed by atoms with Gasteiger partial charge in [-0.2, -0.15) is 0 Å². The molecule has 4 nitrogen and oxygen atoms in total. The Bertz CT molecular complexity index is 1360. The molecule has 1 unspecified atom stereocenters. The number of nitrogens with zero attached hydrogens (tertiary/aromatic N) is 1. The molecule has 4 rings (SSSR count). The molecule has 3 aromatic carbocycles. The van der Waals surface area contributed by atoms with Gasteiger partial charge in [-0.1, -0.05) is 92.5 Å². The van der Waals surface area contributed by atoms with Gasteiger partial charge in [-0.05, 0) is 70.6 Å². The summed E-state index contributed by atoms with van der Waals surface area (Å²) in [6, 6.07) is 23.4. The lowest BCUT2D eigenvalue weighted by molar-refractivity contribution is 0.0865. The summed E-state index contributed by atoms with van der Waals surface area (Å²) < 4.78 is 32.7. The van der Waals surface area contributed by atoms with Crippen molar-refractivity contribution in [3.63, 3.8) is 0 Å². The Kier molecular flexibility index (Phi) is 9.47. The average Bonchev–Trinajstić information content (AvgIpc) is 2.82. The number of likely N-dealkylation sites (tertiary alicyclic amines) is 1. The van der Waals surface area contributed by atoms with E-state index >= 15 is 0 Å². The summed E-state index contributed by atoms with van der Waals surface area (Å²) in [6.07, 6.45) is -0.0831. The van der Waals surface area contributed by atoms with Gasteiger partial charge in [0.1, 0.15) is 0 Å². The Hall–Kier alpha value is -1.93. The van der Waals surface area contributed by atoms with E-state index in [9.17, 15) is 8.42 Å². The van der Waals surface area contributed by atoms with E-state index < -0.39 is 18.9 Å². The van der Waals surface area contributed by atoms with E-state index in [1.807, 2.05) is 72.8 Å². The van der Waals surface area contributed by atoms with Crippen LogP contribution >= 0.6 is 23.2 Å². The van der Waals surface area contributed by atoms with Crippen LogP contribution in [0.2, 0.25) is 23.1 Å². The van der Waals surface area contributed by atoms with Crippen molar-refractivity contribution in [3.8, 4) is 0 Å². The zero-order chi connectivity index (χ0) is 28.4. The molecule has 0 bridgehead atoms. The molecule has 0 amide bonds. The second kappa shape index (κ2) is 12.3. The van der Waals surface area contributed by atoms with E-state index in [4.69, 9.17) is 27.6 Å². The highest BCUT2D eigenvalue weighted by Gasteiger charge is 2.32. The van der Waals surface area contributed by atoms with Gasteiger partial charge in [0.15, 0.2) is 9.84 Å². The summed E-state index contributed by atoms with van der Waals surface area (Å²) in [5, 5.41) is 2.83. The first-order valence-electron chi connectivity index (χ1n) is 13.0. The molecule has 1 atom stereocenters. The Balaban J connectivity index is 1.50. The molecule has 39 heavy (non-hydrogen) atoms. The summed E-state index contributed by atoms with van der Waals surface area (Å²) in [6.45, 7) is 11.9. The Labute approximate surface area is 245 Å². The summed E-state index contributed by atoms with van der Waals surface area (Å²) in [4.78, 5) is 2.26. The third kappa shape index (κ3) is 8.06. The van der Waals surface area contributed by atoms with E-state index in [1.54, 1.807) is 0 Å². The molecule has 8 heteroatoms. The van der Waals surface area contributed by atoms with Crippen molar-refractivity contribution >= 4 is 42.1 Å². The van der Waals surface area contributed by atoms with Gasteiger partial charge >= 0.3 is 0 Å². The van der Waals surface area contributed by atoms with Crippen LogP contribution in [0.25, 0.3) is 0 Å². The first kappa shape index (κ1) is 30.0. The highest BCUT2D eigenvalue weighted by atomic mass is 35.5. The Morgan fingerprint density at radius 3 is 1.92 bits per heavy atom. The molecule has 1 radical (unpaired) electrons. The molecule has 207 valence electrons. The Morgan fingerprint density at radius 2 is 1.44 bits per heavy atom. The monoisotopic (exact) mass is 600 g/mol. The van der Waals surface area contributed by atoms with Crippen LogP contribution in [0.3, 0.4) is 0 Å². The molecule has 0 saturated carbocycles. The largest absolute Gasteiger partial charge is 0.410 e. The zero-order valence-electron chi connectivity index (χ0n) is 23.1. The molecule has 3 aromatic rings. The fourth-order valence-corrected chi connectivity index (χ4v) is 7.59. The van der Waals surface area contributed by atoms with Crippen molar-refractivity contribution in [2.24, 2.45) is 5.41 Å². The number of halogens is 2. The van der Waals surface area contributed by atoms with Crippen LogP contribution in [-0.4, -0.2) is 35.4 Å². The fourth-order valence-electron chi connectivity index (χ4n) is 4.99. The molecular formula is C31H36Cl2NO3SSi. The van der Waals surface area contributed by atoms with Crippen LogP contribution in [0.1, 0.15) is 55.2 Å². The summed E-state index contributed by atoms with van der Waals surface area (Å²) in [7, 11) is -4.37. The van der Waals surface area contributed by atoms with Crippen molar-refractivity contribution in [1.29, 1.82) is 0 Å². The highest BCUT2D eigenvalue weighted by Crippen LogP contribution is 2.38. The minimum Gasteiger partial charge on any atom is -0.410 e. The van der Waals surface area contributed by atoms with Crippen LogP contribution in [-0.2, 0) is 20.0 Å². The number of hydrogen-bond acceptors (Lipinski definition) is 4. The lowest BCUT2D eigenvalue weighted by atomic mass is 9.84. The molecule has 1 aliphatic rings. The molecule has 1 aliphatic heterocycles. The second-order valence-corrected chi connectivity index (χ2v) is 16.3. The molecule has 0 N–H and O–H groups in total. The summed E-state index contributed by atoms with van der Waals surface area (Å²) in [5.41, 5.74) is 4.80. The zero-order valence-corrected chi connectivity index (χ0v) is 26.4. The first-order chi connectivity index (χ1) is 18.3. The lowest BCUT2D eigenvalue weighted by Crippen LogP contribution is -2.43. The molecule has 0 spiro atoms. The van der Waals surface area contributed by atoms with Gasteiger partial charge in [-0.15, -0.1) is 0 Å². The van der Waals surface area contributed by atoms with E-state index in [2.05, 4.69) is 38.8 Å². The standard InChI is InChI=1S/C31H36Cl2NO3SSi/c1-31(2,3)30(37-39(4)5)26-8-6-7-22(17-26)20-38(35,36)21-23-18-34(19-23)29(24-9-13-27(32)14-10-24)25-11-15-28(33)16-12-25/h6-17,21,29-30H,18-20H2,1-5H3. The van der Waals surface area contributed by atoms with Crippen LogP contribution in [0, 0.1) is 5.41 Å². The molecule has 1 heterocycles. The normalized spacial score (nSPS) is 15.5. The van der Waals surface area contributed by atoms with Crippen molar-refractivity contribution in [1.82, 2.24) is 4.90 Å². The number of rotatable bonds is 9. The quantitative estimate of drug-likeness (QED) is 0.232. The maximum absolute atomic E-state index is 13.2.